The van der Waals surface area contributed by atoms with E-state index in [1.165, 1.54) is 0 Å². The Hall–Kier alpha value is 0.240. The molecule has 0 aliphatic carbocycles. The minimum atomic E-state index is -4.08. The van der Waals surface area contributed by atoms with Gasteiger partial charge in [-0.15, -0.1) is 23.2 Å². The van der Waals surface area contributed by atoms with Gasteiger partial charge in [0.15, 0.2) is 0 Å². The van der Waals surface area contributed by atoms with Crippen molar-refractivity contribution in [3.8, 4) is 0 Å². The average Bonchev–Trinajstić information content (AvgIpc) is 2.49. The van der Waals surface area contributed by atoms with Gasteiger partial charge in [0.2, 0.25) is 16.1 Å². The maximum absolute atomic E-state index is 12.8. The zero-order valence-electron chi connectivity index (χ0n) is 10.9. The van der Waals surface area contributed by atoms with Crippen LogP contribution < -0.4 is 5.57 Å². The van der Waals surface area contributed by atoms with Crippen LogP contribution in [0.4, 0.5) is 0 Å². The van der Waals surface area contributed by atoms with E-state index in [0.717, 1.165) is 0 Å². The lowest BCUT2D eigenvalue weighted by Gasteiger charge is -2.19. The largest absolute Gasteiger partial charge is 0.398 e. The predicted octanol–water partition coefficient (Wildman–Crippen LogP) is 1.23. The Morgan fingerprint density at radius 3 is 1.73 bits per heavy atom. The van der Waals surface area contributed by atoms with E-state index in [1.54, 1.807) is 0 Å². The Bertz CT molecular complexity index is 502. The van der Waals surface area contributed by atoms with E-state index in [9.17, 15) is 4.57 Å². The normalized spacial score (nSPS) is 17.0. The van der Waals surface area contributed by atoms with Gasteiger partial charge in [0, 0.05) is 0 Å². The van der Waals surface area contributed by atoms with Crippen molar-refractivity contribution in [3.05, 3.63) is 10.6 Å². The maximum Gasteiger partial charge on any atom is 0.398 e. The Kier molecular flexibility index (Phi) is 8.77. The standard InChI is InChI=1S/C9H12Cl4N3O5P/c10-5(1-17)3-20-22(19,21-4-6(11)2-18)9-15-7(12)14-8(13)16-9/h5-6,17-18H,1-4H2. The summed E-state index contributed by atoms with van der Waals surface area (Å²) in [6, 6.07) is 0. The van der Waals surface area contributed by atoms with Gasteiger partial charge in [-0.05, 0) is 23.2 Å². The third-order valence-corrected chi connectivity index (χ3v) is 4.59. The highest BCUT2D eigenvalue weighted by Crippen LogP contribution is 2.46. The van der Waals surface area contributed by atoms with Crippen LogP contribution in [0.3, 0.4) is 0 Å². The summed E-state index contributed by atoms with van der Waals surface area (Å²) in [4.78, 5) is 10.8. The minimum absolute atomic E-state index is 0.309. The molecule has 1 heterocycles. The summed E-state index contributed by atoms with van der Waals surface area (Å²) in [6.45, 7) is -1.45. The lowest BCUT2D eigenvalue weighted by atomic mass is 10.5. The zero-order valence-corrected chi connectivity index (χ0v) is 14.8. The maximum atomic E-state index is 12.8. The first-order valence-corrected chi connectivity index (χ1v) is 8.94. The first-order chi connectivity index (χ1) is 10.3. The summed E-state index contributed by atoms with van der Waals surface area (Å²) in [5.74, 6) is 0. The van der Waals surface area contributed by atoms with Gasteiger partial charge in [-0.25, -0.2) is 0 Å². The number of hydrogen-bond donors (Lipinski definition) is 2. The molecule has 0 amide bonds. The lowest BCUT2D eigenvalue weighted by Crippen LogP contribution is -2.24. The van der Waals surface area contributed by atoms with Gasteiger partial charge in [-0.3, -0.25) is 4.57 Å². The van der Waals surface area contributed by atoms with Crippen LogP contribution in [0.25, 0.3) is 0 Å². The molecular weight excluding hydrogens is 403 g/mol. The highest BCUT2D eigenvalue weighted by atomic mass is 35.5. The van der Waals surface area contributed by atoms with E-state index in [2.05, 4.69) is 15.0 Å². The molecule has 2 N–H and O–H groups in total. The molecule has 2 unspecified atom stereocenters. The van der Waals surface area contributed by atoms with Crippen molar-refractivity contribution in [1.29, 1.82) is 0 Å². The number of rotatable bonds is 9. The Balaban J connectivity index is 3.00. The van der Waals surface area contributed by atoms with Crippen LogP contribution in [0, 0.1) is 0 Å². The van der Waals surface area contributed by atoms with Crippen molar-refractivity contribution < 1.29 is 23.8 Å². The van der Waals surface area contributed by atoms with E-state index in [-0.39, 0.29) is 23.8 Å². The summed E-state index contributed by atoms with van der Waals surface area (Å²) in [6.07, 6.45) is 0. The number of aliphatic hydroxyl groups excluding tert-OH is 2. The van der Waals surface area contributed by atoms with Crippen molar-refractivity contribution >= 4 is 59.6 Å². The van der Waals surface area contributed by atoms with Gasteiger partial charge in [0.25, 0.3) is 0 Å². The fourth-order valence-corrected chi connectivity index (χ4v) is 3.33. The second-order valence-corrected chi connectivity index (χ2v) is 7.64. The van der Waals surface area contributed by atoms with Crippen LogP contribution in [0.2, 0.25) is 10.6 Å². The molecule has 1 aromatic rings. The van der Waals surface area contributed by atoms with E-state index in [1.807, 2.05) is 0 Å². The number of hydrogen-bond acceptors (Lipinski definition) is 8. The summed E-state index contributed by atoms with van der Waals surface area (Å²) in [5.41, 5.74) is -0.430. The smallest absolute Gasteiger partial charge is 0.395 e. The average molecular weight is 415 g/mol. The van der Waals surface area contributed by atoms with Gasteiger partial charge in [0.1, 0.15) is 0 Å². The van der Waals surface area contributed by atoms with Crippen LogP contribution in [-0.4, -0.2) is 62.3 Å². The molecule has 0 fully saturated rings. The van der Waals surface area contributed by atoms with Crippen LogP contribution in [0.5, 0.6) is 0 Å². The molecule has 0 saturated heterocycles. The monoisotopic (exact) mass is 413 g/mol. The molecule has 0 aliphatic rings. The van der Waals surface area contributed by atoms with E-state index in [0.29, 0.717) is 0 Å². The summed E-state index contributed by atoms with van der Waals surface area (Å²) < 4.78 is 23.0. The molecule has 0 aromatic carbocycles. The van der Waals surface area contributed by atoms with E-state index < -0.39 is 37.1 Å². The van der Waals surface area contributed by atoms with Crippen LogP contribution in [0.1, 0.15) is 0 Å². The molecule has 0 bridgehead atoms. The fourth-order valence-electron chi connectivity index (χ4n) is 1.05. The first-order valence-electron chi connectivity index (χ1n) is 5.77. The van der Waals surface area contributed by atoms with Crippen molar-refractivity contribution in [1.82, 2.24) is 15.0 Å². The second-order valence-electron chi connectivity index (χ2n) is 3.82. The topological polar surface area (TPSA) is 115 Å². The van der Waals surface area contributed by atoms with Gasteiger partial charge in [-0.1, -0.05) is 0 Å². The van der Waals surface area contributed by atoms with E-state index in [4.69, 9.17) is 65.7 Å². The molecule has 0 saturated carbocycles. The number of halogens is 4. The Morgan fingerprint density at radius 2 is 1.36 bits per heavy atom. The van der Waals surface area contributed by atoms with Crippen molar-refractivity contribution in [2.75, 3.05) is 26.4 Å². The number of nitrogens with zero attached hydrogens (tertiary/aromatic N) is 3. The van der Waals surface area contributed by atoms with Crippen LogP contribution >= 0.6 is 54.0 Å². The third kappa shape index (κ3) is 6.39. The van der Waals surface area contributed by atoms with Gasteiger partial charge >= 0.3 is 7.60 Å². The number of aliphatic hydroxyl groups is 2. The van der Waals surface area contributed by atoms with Crippen molar-refractivity contribution in [2.45, 2.75) is 10.8 Å². The third-order valence-electron chi connectivity index (χ3n) is 2.06. The highest BCUT2D eigenvalue weighted by Gasteiger charge is 2.34. The summed E-state index contributed by atoms with van der Waals surface area (Å²) in [5, 5.41) is 15.5. The molecule has 1 rings (SSSR count). The number of aromatic nitrogens is 3. The lowest BCUT2D eigenvalue weighted by molar-refractivity contribution is 0.181. The molecule has 2 atom stereocenters. The Morgan fingerprint density at radius 1 is 0.955 bits per heavy atom. The first kappa shape index (κ1) is 20.3. The van der Waals surface area contributed by atoms with Crippen LogP contribution in [-0.2, 0) is 13.6 Å². The number of alkyl halides is 2. The van der Waals surface area contributed by atoms with Gasteiger partial charge in [-0.2, -0.15) is 15.0 Å². The second kappa shape index (κ2) is 9.52. The van der Waals surface area contributed by atoms with Gasteiger partial charge < -0.3 is 19.3 Å². The summed E-state index contributed by atoms with van der Waals surface area (Å²) in [7, 11) is -4.08. The van der Waals surface area contributed by atoms with Crippen molar-refractivity contribution in [2.24, 2.45) is 0 Å². The molecule has 0 spiro atoms. The minimum Gasteiger partial charge on any atom is -0.395 e. The molecule has 126 valence electrons. The molecule has 13 heteroatoms. The Labute approximate surface area is 146 Å². The molecule has 0 radical (unpaired) electrons. The molecule has 8 nitrogen and oxygen atoms in total. The molecule has 0 aliphatic heterocycles. The fraction of sp³-hybridized carbons (Fsp3) is 0.667. The van der Waals surface area contributed by atoms with E-state index >= 15 is 0 Å². The summed E-state index contributed by atoms with van der Waals surface area (Å²) >= 11 is 22.6. The molecular formula is C9H12Cl4N3O5P. The predicted molar refractivity (Wildman–Crippen MR) is 82.4 cm³/mol. The van der Waals surface area contributed by atoms with Gasteiger partial charge in [0.05, 0.1) is 37.2 Å². The molecule has 22 heavy (non-hydrogen) atoms. The van der Waals surface area contributed by atoms with Crippen molar-refractivity contribution in [3.63, 3.8) is 0 Å². The molecule has 1 aromatic heterocycles. The SMILES string of the molecule is O=P(OCC(Cl)CO)(OCC(Cl)CO)c1nc(Cl)nc(Cl)n1. The zero-order chi connectivity index (χ0) is 16.8. The highest BCUT2D eigenvalue weighted by molar-refractivity contribution is 7.61. The van der Waals surface area contributed by atoms with Crippen LogP contribution in [0.15, 0.2) is 0 Å². The quantitative estimate of drug-likeness (QED) is 0.458.